The Morgan fingerprint density at radius 1 is 0.963 bits per heavy atom. The summed E-state index contributed by atoms with van der Waals surface area (Å²) in [4.78, 5) is 26.0. The van der Waals surface area contributed by atoms with E-state index in [4.69, 9.17) is 0 Å². The highest BCUT2D eigenvalue weighted by Gasteiger charge is 2.45. The minimum absolute atomic E-state index is 0.0439. The fraction of sp³-hybridized carbons (Fsp3) is 0.143. The molecule has 27 heavy (non-hydrogen) atoms. The van der Waals surface area contributed by atoms with Gasteiger partial charge in [-0.1, -0.05) is 42.5 Å². The number of fused-ring (bicyclic) bond motifs is 2. The Morgan fingerprint density at radius 3 is 2.41 bits per heavy atom. The number of nitrogens with zero attached hydrogens (tertiary/aromatic N) is 1. The second kappa shape index (κ2) is 6.11. The van der Waals surface area contributed by atoms with Gasteiger partial charge in [0.05, 0.1) is 4.90 Å². The van der Waals surface area contributed by atoms with Gasteiger partial charge in [0, 0.05) is 18.2 Å². The van der Waals surface area contributed by atoms with Crippen LogP contribution in [0.15, 0.2) is 65.6 Å². The normalized spacial score (nSPS) is 19.0. The van der Waals surface area contributed by atoms with Gasteiger partial charge in [0.15, 0.2) is 17.6 Å². The van der Waals surface area contributed by atoms with Crippen LogP contribution in [0.1, 0.15) is 26.3 Å². The van der Waals surface area contributed by atoms with E-state index >= 15 is 0 Å². The van der Waals surface area contributed by atoms with Crippen LogP contribution in [-0.2, 0) is 10.0 Å². The Hall–Kier alpha value is -2.83. The maximum Gasteiger partial charge on any atom is 0.244 e. The fourth-order valence-corrected chi connectivity index (χ4v) is 5.00. The number of carbonyl (C=O) groups is 2. The van der Waals surface area contributed by atoms with E-state index < -0.39 is 27.6 Å². The van der Waals surface area contributed by atoms with Gasteiger partial charge in [-0.3, -0.25) is 9.59 Å². The zero-order valence-electron chi connectivity index (χ0n) is 14.8. The Labute approximate surface area is 157 Å². The standard InChI is InChI=1S/C21H17NO4S/c1-13-7-10-17-18(11-13)27(25,26)22(2)19(21(17)24)20(23)16-9-8-14-5-3-4-6-15(14)12-16/h3-12,19H,1-2H3. The van der Waals surface area contributed by atoms with Gasteiger partial charge < -0.3 is 0 Å². The third-order valence-corrected chi connectivity index (χ3v) is 6.82. The van der Waals surface area contributed by atoms with Gasteiger partial charge in [-0.15, -0.1) is 0 Å². The number of carbonyl (C=O) groups excluding carboxylic acids is 2. The average molecular weight is 379 g/mol. The number of benzene rings is 3. The molecule has 6 heteroatoms. The highest BCUT2D eigenvalue weighted by molar-refractivity contribution is 7.89. The zero-order chi connectivity index (χ0) is 19.3. The quantitative estimate of drug-likeness (QED) is 0.506. The van der Waals surface area contributed by atoms with Crippen molar-refractivity contribution in [3.05, 3.63) is 77.4 Å². The van der Waals surface area contributed by atoms with Crippen LogP contribution in [0.5, 0.6) is 0 Å². The minimum atomic E-state index is -3.93. The lowest BCUT2D eigenvalue weighted by Crippen LogP contribution is -2.51. The van der Waals surface area contributed by atoms with Crippen LogP contribution in [-0.4, -0.2) is 37.4 Å². The molecular weight excluding hydrogens is 362 g/mol. The topological polar surface area (TPSA) is 71.5 Å². The van der Waals surface area contributed by atoms with E-state index in [0.717, 1.165) is 20.6 Å². The third kappa shape index (κ3) is 2.69. The van der Waals surface area contributed by atoms with Crippen LogP contribution < -0.4 is 0 Å². The average Bonchev–Trinajstić information content (AvgIpc) is 2.66. The Bertz CT molecular complexity index is 1210. The van der Waals surface area contributed by atoms with Crippen LogP contribution >= 0.6 is 0 Å². The molecule has 0 spiro atoms. The first-order valence-electron chi connectivity index (χ1n) is 8.46. The number of rotatable bonds is 2. The van der Waals surface area contributed by atoms with Crippen molar-refractivity contribution in [3.63, 3.8) is 0 Å². The predicted molar refractivity (Wildman–Crippen MR) is 103 cm³/mol. The fourth-order valence-electron chi connectivity index (χ4n) is 3.44. The largest absolute Gasteiger partial charge is 0.292 e. The predicted octanol–water partition coefficient (Wildman–Crippen LogP) is 3.22. The molecule has 0 bridgehead atoms. The number of ketones is 2. The molecule has 3 aromatic rings. The molecule has 0 aliphatic carbocycles. The van der Waals surface area contributed by atoms with E-state index in [1.807, 2.05) is 24.3 Å². The van der Waals surface area contributed by atoms with Gasteiger partial charge in [0.25, 0.3) is 0 Å². The van der Waals surface area contributed by atoms with Crippen molar-refractivity contribution in [2.45, 2.75) is 17.9 Å². The van der Waals surface area contributed by atoms with Crippen molar-refractivity contribution >= 4 is 32.4 Å². The van der Waals surface area contributed by atoms with Crippen LogP contribution in [0.2, 0.25) is 0 Å². The van der Waals surface area contributed by atoms with Gasteiger partial charge >= 0.3 is 0 Å². The van der Waals surface area contributed by atoms with E-state index in [9.17, 15) is 18.0 Å². The van der Waals surface area contributed by atoms with Crippen molar-refractivity contribution < 1.29 is 18.0 Å². The summed E-state index contributed by atoms with van der Waals surface area (Å²) < 4.78 is 26.6. The Kier molecular flexibility index (Phi) is 3.98. The molecule has 0 saturated heterocycles. The molecule has 1 unspecified atom stereocenters. The van der Waals surface area contributed by atoms with Gasteiger partial charge in [-0.25, -0.2) is 8.42 Å². The Morgan fingerprint density at radius 2 is 1.67 bits per heavy atom. The van der Waals surface area contributed by atoms with Crippen molar-refractivity contribution in [2.75, 3.05) is 7.05 Å². The summed E-state index contributed by atoms with van der Waals surface area (Å²) in [6, 6.07) is 15.9. The van der Waals surface area contributed by atoms with Crippen LogP contribution in [0, 0.1) is 6.92 Å². The first kappa shape index (κ1) is 17.6. The van der Waals surface area contributed by atoms with E-state index in [2.05, 4.69) is 0 Å². The smallest absolute Gasteiger partial charge is 0.244 e. The van der Waals surface area contributed by atoms with Crippen molar-refractivity contribution in [3.8, 4) is 0 Å². The van der Waals surface area contributed by atoms with Gasteiger partial charge in [-0.2, -0.15) is 4.31 Å². The number of likely N-dealkylation sites (N-methyl/N-ethyl adjacent to an activating group) is 1. The van der Waals surface area contributed by atoms with Gasteiger partial charge in [-0.05, 0) is 41.5 Å². The van der Waals surface area contributed by atoms with Crippen LogP contribution in [0.25, 0.3) is 10.8 Å². The van der Waals surface area contributed by atoms with Gasteiger partial charge in [0.1, 0.15) is 0 Å². The van der Waals surface area contributed by atoms with E-state index in [0.29, 0.717) is 5.56 Å². The van der Waals surface area contributed by atoms with E-state index in [-0.39, 0.29) is 10.5 Å². The van der Waals surface area contributed by atoms with Crippen molar-refractivity contribution in [2.24, 2.45) is 0 Å². The number of Topliss-reactive ketones (excluding diaryl/α,β-unsaturated/α-hetero) is 2. The molecule has 0 aromatic heterocycles. The summed E-state index contributed by atoms with van der Waals surface area (Å²) >= 11 is 0. The molecule has 4 rings (SSSR count). The summed E-state index contributed by atoms with van der Waals surface area (Å²) in [5.41, 5.74) is 1.11. The summed E-state index contributed by atoms with van der Waals surface area (Å²) in [6.07, 6.45) is 0. The van der Waals surface area contributed by atoms with E-state index in [1.54, 1.807) is 31.2 Å². The number of sulfonamides is 1. The van der Waals surface area contributed by atoms with Crippen molar-refractivity contribution in [1.82, 2.24) is 4.31 Å². The summed E-state index contributed by atoms with van der Waals surface area (Å²) in [5.74, 6) is -1.02. The highest BCUT2D eigenvalue weighted by atomic mass is 32.2. The Balaban J connectivity index is 1.84. The molecule has 0 amide bonds. The monoisotopic (exact) mass is 379 g/mol. The first-order valence-corrected chi connectivity index (χ1v) is 9.90. The minimum Gasteiger partial charge on any atom is -0.292 e. The highest BCUT2D eigenvalue weighted by Crippen LogP contribution is 2.31. The van der Waals surface area contributed by atoms with E-state index in [1.165, 1.54) is 19.2 Å². The number of hydrogen-bond acceptors (Lipinski definition) is 4. The second-order valence-electron chi connectivity index (χ2n) is 6.71. The summed E-state index contributed by atoms with van der Waals surface area (Å²) in [5, 5.41) is 1.82. The lowest BCUT2D eigenvalue weighted by atomic mass is 9.94. The third-order valence-electron chi connectivity index (χ3n) is 4.95. The van der Waals surface area contributed by atoms with Crippen molar-refractivity contribution in [1.29, 1.82) is 0 Å². The molecular formula is C21H17NO4S. The zero-order valence-corrected chi connectivity index (χ0v) is 15.7. The molecule has 1 atom stereocenters. The maximum absolute atomic E-state index is 13.1. The van der Waals surface area contributed by atoms with Crippen LogP contribution in [0.3, 0.4) is 0 Å². The summed E-state index contributed by atoms with van der Waals surface area (Å²) in [6.45, 7) is 1.76. The molecule has 5 nitrogen and oxygen atoms in total. The van der Waals surface area contributed by atoms with Gasteiger partial charge in [0.2, 0.25) is 10.0 Å². The molecule has 0 N–H and O–H groups in total. The molecule has 1 aliphatic heterocycles. The molecule has 1 heterocycles. The second-order valence-corrected chi connectivity index (χ2v) is 8.68. The molecule has 0 radical (unpaired) electrons. The molecule has 0 saturated carbocycles. The summed E-state index contributed by atoms with van der Waals surface area (Å²) in [7, 11) is -2.65. The lowest BCUT2D eigenvalue weighted by molar-refractivity contribution is 0.0784. The SMILES string of the molecule is Cc1ccc2c(c1)S(=O)(=O)N(C)C(C(=O)c1ccc3ccccc3c1)C2=O. The lowest BCUT2D eigenvalue weighted by Gasteiger charge is -2.31. The number of aryl methyl sites for hydroxylation is 1. The van der Waals surface area contributed by atoms with Crippen LogP contribution in [0.4, 0.5) is 0 Å². The molecule has 3 aromatic carbocycles. The first-order chi connectivity index (χ1) is 12.8. The molecule has 1 aliphatic rings. The number of hydrogen-bond donors (Lipinski definition) is 0. The molecule has 136 valence electrons. The maximum atomic E-state index is 13.1. The molecule has 0 fully saturated rings.